The van der Waals surface area contributed by atoms with E-state index in [1.54, 1.807) is 36.4 Å². The van der Waals surface area contributed by atoms with Crippen LogP contribution in [0, 0.1) is 0 Å². The van der Waals surface area contributed by atoms with E-state index < -0.39 is 0 Å². The average molecular weight is 327 g/mol. The Morgan fingerprint density at radius 2 is 1.83 bits per heavy atom. The summed E-state index contributed by atoms with van der Waals surface area (Å²) in [7, 11) is 0. The molecule has 2 N–H and O–H groups in total. The molecule has 0 radical (unpaired) electrons. The maximum atomic E-state index is 11.9. The second kappa shape index (κ2) is 5.42. The molecule has 0 saturated carbocycles. The van der Waals surface area contributed by atoms with Crippen molar-refractivity contribution in [3.8, 4) is 5.75 Å². The molecule has 0 saturated heterocycles. The van der Waals surface area contributed by atoms with E-state index in [1.165, 1.54) is 6.07 Å². The van der Waals surface area contributed by atoms with Crippen LogP contribution in [-0.4, -0.2) is 11.0 Å². The van der Waals surface area contributed by atoms with Crippen LogP contribution in [0.15, 0.2) is 46.9 Å². The van der Waals surface area contributed by atoms with Crippen molar-refractivity contribution in [2.75, 3.05) is 5.32 Å². The lowest BCUT2D eigenvalue weighted by Gasteiger charge is -2.06. The topological polar surface area (TPSA) is 49.3 Å². The third-order valence-electron chi connectivity index (χ3n) is 2.31. The molecule has 0 fully saturated rings. The van der Waals surface area contributed by atoms with Crippen LogP contribution in [0.1, 0.15) is 10.4 Å². The molecule has 18 heavy (non-hydrogen) atoms. The van der Waals surface area contributed by atoms with Crippen molar-refractivity contribution in [2.24, 2.45) is 0 Å². The molecule has 0 spiro atoms. The van der Waals surface area contributed by atoms with E-state index in [-0.39, 0.29) is 11.7 Å². The standard InChI is InChI=1S/C13H9BrClNO2/c14-11-7-10(5-6-12(11)17)16-13(18)8-1-3-9(15)4-2-8/h1-7,17H,(H,16,18). The largest absolute Gasteiger partial charge is 0.507 e. The molecule has 0 bridgehead atoms. The zero-order chi connectivity index (χ0) is 13.1. The smallest absolute Gasteiger partial charge is 0.255 e. The zero-order valence-electron chi connectivity index (χ0n) is 9.15. The Bertz CT molecular complexity index is 584. The molecule has 2 aromatic carbocycles. The molecule has 0 unspecified atom stereocenters. The third kappa shape index (κ3) is 3.03. The van der Waals surface area contributed by atoms with E-state index in [0.29, 0.717) is 20.7 Å². The number of hydrogen-bond acceptors (Lipinski definition) is 2. The number of carbonyl (C=O) groups excluding carboxylic acids is 1. The highest BCUT2D eigenvalue weighted by atomic mass is 79.9. The molecule has 3 nitrogen and oxygen atoms in total. The molecule has 5 heteroatoms. The Kier molecular flexibility index (Phi) is 3.89. The Balaban J connectivity index is 2.16. The van der Waals surface area contributed by atoms with Crippen molar-refractivity contribution in [1.82, 2.24) is 0 Å². The second-order valence-electron chi connectivity index (χ2n) is 3.63. The summed E-state index contributed by atoms with van der Waals surface area (Å²) >= 11 is 8.93. The molecular weight excluding hydrogens is 318 g/mol. The molecule has 0 aliphatic carbocycles. The van der Waals surface area contributed by atoms with Gasteiger partial charge in [-0.15, -0.1) is 0 Å². The van der Waals surface area contributed by atoms with Gasteiger partial charge in [-0.05, 0) is 58.4 Å². The van der Waals surface area contributed by atoms with Gasteiger partial charge in [0.1, 0.15) is 5.75 Å². The van der Waals surface area contributed by atoms with E-state index >= 15 is 0 Å². The number of aromatic hydroxyl groups is 1. The number of nitrogens with one attached hydrogen (secondary N) is 1. The normalized spacial score (nSPS) is 10.1. The van der Waals surface area contributed by atoms with E-state index in [4.69, 9.17) is 11.6 Å². The van der Waals surface area contributed by atoms with Crippen molar-refractivity contribution in [3.63, 3.8) is 0 Å². The van der Waals surface area contributed by atoms with Crippen LogP contribution < -0.4 is 5.32 Å². The van der Waals surface area contributed by atoms with Crippen LogP contribution >= 0.6 is 27.5 Å². The Labute approximate surface area is 118 Å². The molecule has 1 amide bonds. The van der Waals surface area contributed by atoms with E-state index in [0.717, 1.165) is 0 Å². The number of rotatable bonds is 2. The first-order valence-corrected chi connectivity index (χ1v) is 6.29. The summed E-state index contributed by atoms with van der Waals surface area (Å²) in [5.41, 5.74) is 1.11. The van der Waals surface area contributed by atoms with Gasteiger partial charge in [-0.1, -0.05) is 11.6 Å². The molecule has 92 valence electrons. The van der Waals surface area contributed by atoms with Crippen LogP contribution in [-0.2, 0) is 0 Å². The van der Waals surface area contributed by atoms with Gasteiger partial charge in [0.15, 0.2) is 0 Å². The van der Waals surface area contributed by atoms with Gasteiger partial charge < -0.3 is 10.4 Å². The van der Waals surface area contributed by atoms with Gasteiger partial charge in [0.2, 0.25) is 0 Å². The van der Waals surface area contributed by atoms with Crippen LogP contribution in [0.25, 0.3) is 0 Å². The van der Waals surface area contributed by atoms with Crippen LogP contribution in [0.4, 0.5) is 5.69 Å². The number of phenols is 1. The van der Waals surface area contributed by atoms with Crippen LogP contribution in [0.3, 0.4) is 0 Å². The zero-order valence-corrected chi connectivity index (χ0v) is 11.5. The number of amides is 1. The minimum atomic E-state index is -0.232. The fourth-order valence-corrected chi connectivity index (χ4v) is 1.89. The van der Waals surface area contributed by atoms with Crippen LogP contribution in [0.2, 0.25) is 5.02 Å². The van der Waals surface area contributed by atoms with Gasteiger partial charge in [-0.2, -0.15) is 0 Å². The highest BCUT2D eigenvalue weighted by molar-refractivity contribution is 9.10. The highest BCUT2D eigenvalue weighted by Gasteiger charge is 2.07. The number of anilines is 1. The lowest BCUT2D eigenvalue weighted by molar-refractivity contribution is 0.102. The summed E-state index contributed by atoms with van der Waals surface area (Å²) in [4.78, 5) is 11.9. The lowest BCUT2D eigenvalue weighted by atomic mass is 10.2. The summed E-state index contributed by atoms with van der Waals surface area (Å²) in [5, 5.41) is 12.7. The Morgan fingerprint density at radius 3 is 2.44 bits per heavy atom. The van der Waals surface area contributed by atoms with Gasteiger partial charge >= 0.3 is 0 Å². The maximum absolute atomic E-state index is 11.9. The molecule has 0 aliphatic rings. The Morgan fingerprint density at radius 1 is 1.17 bits per heavy atom. The summed E-state index contributed by atoms with van der Waals surface area (Å²) in [6.07, 6.45) is 0. The average Bonchev–Trinajstić information content (AvgIpc) is 2.34. The van der Waals surface area contributed by atoms with Gasteiger partial charge in [-0.3, -0.25) is 4.79 Å². The van der Waals surface area contributed by atoms with Crippen molar-refractivity contribution >= 4 is 39.1 Å². The second-order valence-corrected chi connectivity index (χ2v) is 4.92. The molecular formula is C13H9BrClNO2. The molecule has 0 aliphatic heterocycles. The fourth-order valence-electron chi connectivity index (χ4n) is 1.39. The van der Waals surface area contributed by atoms with Gasteiger partial charge in [0.05, 0.1) is 4.47 Å². The molecule has 0 atom stereocenters. The number of halogens is 2. The predicted octanol–water partition coefficient (Wildman–Crippen LogP) is 4.06. The summed E-state index contributed by atoms with van der Waals surface area (Å²) in [5.74, 6) is -0.108. The number of phenolic OH excluding ortho intramolecular Hbond substituents is 1. The van der Waals surface area contributed by atoms with Gasteiger partial charge in [0.25, 0.3) is 5.91 Å². The monoisotopic (exact) mass is 325 g/mol. The fraction of sp³-hybridized carbons (Fsp3) is 0. The minimum Gasteiger partial charge on any atom is -0.507 e. The first kappa shape index (κ1) is 12.9. The first-order chi connectivity index (χ1) is 8.56. The molecule has 2 aromatic rings. The quantitative estimate of drug-likeness (QED) is 0.818. The van der Waals surface area contributed by atoms with Crippen molar-refractivity contribution < 1.29 is 9.90 Å². The first-order valence-electron chi connectivity index (χ1n) is 5.12. The van der Waals surface area contributed by atoms with Gasteiger partial charge in [-0.25, -0.2) is 0 Å². The molecule has 0 aromatic heterocycles. The number of carbonyl (C=O) groups is 1. The van der Waals surface area contributed by atoms with Crippen molar-refractivity contribution in [3.05, 3.63) is 57.5 Å². The Hall–Kier alpha value is -1.52. The van der Waals surface area contributed by atoms with Crippen molar-refractivity contribution in [2.45, 2.75) is 0 Å². The SMILES string of the molecule is O=C(Nc1ccc(O)c(Br)c1)c1ccc(Cl)cc1. The van der Waals surface area contributed by atoms with Crippen LogP contribution in [0.5, 0.6) is 5.75 Å². The lowest BCUT2D eigenvalue weighted by Crippen LogP contribution is -2.11. The molecule has 2 rings (SSSR count). The van der Waals surface area contributed by atoms with Gasteiger partial charge in [0, 0.05) is 16.3 Å². The highest BCUT2D eigenvalue weighted by Crippen LogP contribution is 2.26. The summed E-state index contributed by atoms with van der Waals surface area (Å²) in [6, 6.07) is 11.4. The summed E-state index contributed by atoms with van der Waals surface area (Å²) in [6.45, 7) is 0. The number of hydrogen-bond donors (Lipinski definition) is 2. The number of benzene rings is 2. The summed E-state index contributed by atoms with van der Waals surface area (Å²) < 4.78 is 0.524. The van der Waals surface area contributed by atoms with E-state index in [1.807, 2.05) is 0 Å². The maximum Gasteiger partial charge on any atom is 0.255 e. The van der Waals surface area contributed by atoms with E-state index in [9.17, 15) is 9.90 Å². The minimum absolute atomic E-state index is 0.125. The third-order valence-corrected chi connectivity index (χ3v) is 3.20. The van der Waals surface area contributed by atoms with Crippen molar-refractivity contribution in [1.29, 1.82) is 0 Å². The van der Waals surface area contributed by atoms with E-state index in [2.05, 4.69) is 21.2 Å². The molecule has 0 heterocycles. The predicted molar refractivity (Wildman–Crippen MR) is 75.2 cm³/mol.